The Balaban J connectivity index is -0.000000341. The van der Waals surface area contributed by atoms with Gasteiger partial charge in [-0.25, -0.2) is 30.5 Å². The fraction of sp³-hybridized carbons (Fsp3) is 0.652. The van der Waals surface area contributed by atoms with Crippen LogP contribution in [-0.4, -0.2) is 176 Å². The van der Waals surface area contributed by atoms with Crippen molar-refractivity contribution in [1.82, 2.24) is 15.6 Å². The largest absolute Gasteiger partial charge is 0.463 e. The lowest BCUT2D eigenvalue weighted by atomic mass is 10.1. The highest BCUT2D eigenvalue weighted by Crippen LogP contribution is 2.09. The molecule has 0 saturated carbocycles. The lowest BCUT2D eigenvalue weighted by Crippen LogP contribution is -2.29. The zero-order valence-corrected chi connectivity index (χ0v) is 58.0. The molecule has 0 spiro atoms. The van der Waals surface area contributed by atoms with Crippen molar-refractivity contribution in [3.63, 3.8) is 0 Å². The van der Waals surface area contributed by atoms with Gasteiger partial charge in [0.2, 0.25) is 0 Å². The molecule has 2 N–H and O–H groups in total. The maximum atomic E-state index is 11.3. The van der Waals surface area contributed by atoms with Crippen molar-refractivity contribution < 1.29 is 114 Å². The van der Waals surface area contributed by atoms with Gasteiger partial charge in [-0.15, -0.1) is 0 Å². The number of ether oxygens (including phenoxy) is 13. The van der Waals surface area contributed by atoms with Crippen LogP contribution in [0.15, 0.2) is 62.5 Å². The molecule has 1 aromatic heterocycles. The molecular weight excluding hydrogens is 1230 g/mol. The van der Waals surface area contributed by atoms with E-state index in [1.807, 2.05) is 74.4 Å². The Hall–Kier alpha value is -8.45. The second-order valence-corrected chi connectivity index (χ2v) is 19.7. The number of nitrogens with one attached hydrogen (secondary N) is 2. The first kappa shape index (κ1) is 94.3. The molecule has 7 atom stereocenters. The van der Waals surface area contributed by atoms with Crippen molar-refractivity contribution in [2.24, 2.45) is 35.5 Å². The summed E-state index contributed by atoms with van der Waals surface area (Å²) >= 11 is 0. The fourth-order valence-corrected chi connectivity index (χ4v) is 4.95. The highest BCUT2D eigenvalue weighted by molar-refractivity contribution is 5.82. The van der Waals surface area contributed by atoms with Gasteiger partial charge in [0.25, 0.3) is 0 Å². The molecule has 0 radical (unpaired) electrons. The summed E-state index contributed by atoms with van der Waals surface area (Å²) in [5.74, 6) is -3.64. The minimum Gasteiger partial charge on any atom is -0.463 e. The first-order valence-corrected chi connectivity index (χ1v) is 31.3. The summed E-state index contributed by atoms with van der Waals surface area (Å²) in [7, 11) is 0. The lowest BCUT2D eigenvalue weighted by molar-refractivity contribution is -0.153. The Bertz CT molecular complexity index is 2250. The molecule has 1 heterocycles. The highest BCUT2D eigenvalue weighted by atomic mass is 16.6. The van der Waals surface area contributed by atoms with Crippen molar-refractivity contribution in [3.05, 3.63) is 79.5 Å². The van der Waals surface area contributed by atoms with Gasteiger partial charge in [0.05, 0.1) is 75.3 Å². The molecule has 0 saturated heterocycles. The van der Waals surface area contributed by atoms with E-state index >= 15 is 0 Å². The van der Waals surface area contributed by atoms with Crippen LogP contribution in [0.4, 0.5) is 9.59 Å². The molecule has 28 heteroatoms. The van der Waals surface area contributed by atoms with E-state index in [2.05, 4.69) is 54.4 Å². The lowest BCUT2D eigenvalue weighted by Gasteiger charge is -2.10. The van der Waals surface area contributed by atoms with Crippen LogP contribution < -0.4 is 10.6 Å². The van der Waals surface area contributed by atoms with Crippen LogP contribution in [0.3, 0.4) is 0 Å². The summed E-state index contributed by atoms with van der Waals surface area (Å²) < 4.78 is 63.2. The number of aromatic nitrogens is 1. The van der Waals surface area contributed by atoms with Gasteiger partial charge >= 0.3 is 72.1 Å². The van der Waals surface area contributed by atoms with Gasteiger partial charge in [-0.2, -0.15) is 0 Å². The van der Waals surface area contributed by atoms with Crippen molar-refractivity contribution in [1.29, 1.82) is 0 Å². The number of pyridine rings is 1. The summed E-state index contributed by atoms with van der Waals surface area (Å²) in [6.45, 7) is 45.5. The monoisotopic (exact) mass is 1340 g/mol. The van der Waals surface area contributed by atoms with E-state index in [4.69, 9.17) is 53.9 Å². The third-order valence-corrected chi connectivity index (χ3v) is 12.2. The quantitative estimate of drug-likeness (QED) is 0.0203. The molecule has 0 aromatic carbocycles. The minimum absolute atomic E-state index is 0.0159. The average molecular weight is 1340 g/mol. The van der Waals surface area contributed by atoms with Crippen LogP contribution in [0.5, 0.6) is 0 Å². The number of carbonyl (C=O) groups excluding carboxylic acids is 11. The van der Waals surface area contributed by atoms with Gasteiger partial charge in [0.1, 0.15) is 66.1 Å². The Kier molecular flexibility index (Phi) is 66.2. The Labute approximate surface area is 556 Å². The molecule has 0 aliphatic heterocycles. The number of amides is 2. The number of hydrogen-bond donors (Lipinski definition) is 2. The Morgan fingerprint density at radius 1 is 0.415 bits per heavy atom. The van der Waals surface area contributed by atoms with E-state index in [0.29, 0.717) is 52.5 Å². The normalized spacial score (nSPS) is 12.0. The van der Waals surface area contributed by atoms with Crippen molar-refractivity contribution in [3.8, 4) is 0 Å². The number of esters is 9. The number of carbonyl (C=O) groups is 11. The number of nitrogens with zero attached hydrogens (tertiary/aromatic N) is 2. The van der Waals surface area contributed by atoms with Gasteiger partial charge in [0, 0.05) is 37.2 Å². The summed E-state index contributed by atoms with van der Waals surface area (Å²) in [6, 6.07) is 3.67. The zero-order chi connectivity index (χ0) is 72.5. The molecule has 7 unspecified atom stereocenters. The van der Waals surface area contributed by atoms with E-state index in [1.54, 1.807) is 47.0 Å². The van der Waals surface area contributed by atoms with Gasteiger partial charge in [-0.1, -0.05) is 103 Å². The van der Waals surface area contributed by atoms with Crippen LogP contribution >= 0.6 is 0 Å². The van der Waals surface area contributed by atoms with E-state index in [-0.39, 0.29) is 137 Å². The smallest absolute Gasteiger partial charge is 0.407 e. The zero-order valence-electron chi connectivity index (χ0n) is 58.0. The summed E-state index contributed by atoms with van der Waals surface area (Å²) in [4.78, 5) is 128. The molecule has 28 nitrogen and oxygen atoms in total. The molecule has 0 aliphatic rings. The molecular formula is C66H108N4O24. The van der Waals surface area contributed by atoms with Crippen molar-refractivity contribution in [2.75, 3.05) is 99.0 Å². The molecule has 2 amide bonds. The van der Waals surface area contributed by atoms with Crippen molar-refractivity contribution in [2.45, 2.75) is 148 Å². The standard InChI is InChI=1S/2C13H21NO6.C11H15NO2.C11H22O4.C10H16O4.C8H13NO2/c2*1-4-10(3)12(16)19-8-9-20-13(17)14-6-7-18-11(15)5-2;1-3-9(2)11(13)14-8-10-4-6-12-7-5-10;1-4-10(3)11(12)15-9-8-14-7-6-13-5-2;1-4-8(3)10(12)14-7-6-13-9(11)5-2;1-5-6(2)8(10)11-7(3)9-4/h2*5,10H,2,4,6-9H2,1,3H3,(H,14,17);4-7,9H,3,8H2,1-2H3;10H,4-9H2,1-3H3;5,8H,2,4,6-7H2,1,3H3;6-7H,5H2,1-3H3. The topological polar surface area (TPSA) is 349 Å². The third kappa shape index (κ3) is 61.1. The van der Waals surface area contributed by atoms with Crippen LogP contribution in [-0.2, 0) is 111 Å². The number of rotatable bonds is 40. The highest BCUT2D eigenvalue weighted by Gasteiger charge is 2.18. The Morgan fingerprint density at radius 2 is 0.702 bits per heavy atom. The molecule has 94 heavy (non-hydrogen) atoms. The molecule has 536 valence electrons. The van der Waals surface area contributed by atoms with Crippen LogP contribution in [0, 0.1) is 42.1 Å². The third-order valence-electron chi connectivity index (χ3n) is 12.2. The number of hydrogen-bond acceptors (Lipinski definition) is 25. The SMILES string of the molecule is C=CC(=O)OCCNC(=O)OCCOC(=O)C(C)CC.C=CC(=O)OCCNC(=O)OCCOC(=O)C(C)CC.C=CC(=O)OCCOC(=O)C(C)CC.CCC(C)C(=O)OCc1ccncc1.CCOCCOCCOC(=O)C(C)CC.[C-]#[N+]C(C)OC(=O)C(C)CC. The second kappa shape index (κ2) is 66.0. The summed E-state index contributed by atoms with van der Waals surface area (Å²) in [5, 5.41) is 4.74. The van der Waals surface area contributed by atoms with Gasteiger partial charge < -0.3 is 72.2 Å². The molecule has 1 rings (SSSR count). The molecule has 0 bridgehead atoms. The van der Waals surface area contributed by atoms with Crippen LogP contribution in [0.1, 0.15) is 141 Å². The summed E-state index contributed by atoms with van der Waals surface area (Å²) in [5.41, 5.74) is 0.969. The fourth-order valence-electron chi connectivity index (χ4n) is 4.95. The predicted molar refractivity (Wildman–Crippen MR) is 346 cm³/mol. The van der Waals surface area contributed by atoms with Gasteiger partial charge in [-0.05, 0) is 63.1 Å². The number of alkyl carbamates (subject to hydrolysis) is 2. The first-order chi connectivity index (χ1) is 44.7. The first-order valence-electron chi connectivity index (χ1n) is 31.3. The van der Waals surface area contributed by atoms with E-state index in [0.717, 1.165) is 49.5 Å². The maximum Gasteiger partial charge on any atom is 0.407 e. The van der Waals surface area contributed by atoms with Crippen LogP contribution in [0.25, 0.3) is 4.85 Å². The van der Waals surface area contributed by atoms with E-state index in [9.17, 15) is 52.7 Å². The average Bonchev–Trinajstić information content (AvgIpc) is 3.71. The van der Waals surface area contributed by atoms with Crippen LogP contribution in [0.2, 0.25) is 0 Å². The van der Waals surface area contributed by atoms with E-state index < -0.39 is 36.3 Å². The Morgan fingerprint density at radius 3 is 1.03 bits per heavy atom. The summed E-state index contributed by atoms with van der Waals surface area (Å²) in [6.07, 6.45) is 9.04. The van der Waals surface area contributed by atoms with Gasteiger partial charge in [0.15, 0.2) is 0 Å². The van der Waals surface area contributed by atoms with Crippen molar-refractivity contribution >= 4 is 65.9 Å². The molecule has 0 fully saturated rings. The predicted octanol–water partition coefficient (Wildman–Crippen LogP) is 9.01. The maximum absolute atomic E-state index is 11.3. The molecule has 0 aliphatic carbocycles. The second-order valence-electron chi connectivity index (χ2n) is 19.7. The van der Waals surface area contributed by atoms with Gasteiger partial charge in [-0.3, -0.25) is 38.6 Å². The minimum atomic E-state index is -0.667. The molecule has 1 aromatic rings. The van der Waals surface area contributed by atoms with E-state index in [1.165, 1.54) is 0 Å².